The predicted molar refractivity (Wildman–Crippen MR) is 149 cm³/mol. The molecule has 0 saturated heterocycles. The highest BCUT2D eigenvalue weighted by molar-refractivity contribution is 5.87. The smallest absolute Gasteiger partial charge is 0.242 e. The Morgan fingerprint density at radius 1 is 1.14 bits per heavy atom. The van der Waals surface area contributed by atoms with E-state index in [4.69, 9.17) is 6.57 Å². The predicted octanol–water partition coefficient (Wildman–Crippen LogP) is 5.34. The van der Waals surface area contributed by atoms with Gasteiger partial charge >= 0.3 is 0 Å². The maximum Gasteiger partial charge on any atom is 0.242 e. The molecule has 0 spiro atoms. The van der Waals surface area contributed by atoms with E-state index in [1.54, 1.807) is 12.1 Å². The van der Waals surface area contributed by atoms with Crippen molar-refractivity contribution in [2.24, 2.45) is 5.92 Å². The van der Waals surface area contributed by atoms with Gasteiger partial charge in [-0.1, -0.05) is 50.2 Å². The number of carbonyl (C=O) groups excluding carboxylic acids is 2. The lowest BCUT2D eigenvalue weighted by Gasteiger charge is -2.34. The summed E-state index contributed by atoms with van der Waals surface area (Å²) in [6.45, 7) is 14.5. The van der Waals surface area contributed by atoms with Crippen molar-refractivity contribution in [2.45, 2.75) is 58.9 Å². The molecule has 0 heterocycles. The van der Waals surface area contributed by atoms with E-state index in [1.807, 2.05) is 29.8 Å². The second-order valence-electron chi connectivity index (χ2n) is 9.99. The van der Waals surface area contributed by atoms with E-state index < -0.39 is 0 Å². The van der Waals surface area contributed by atoms with Crippen LogP contribution < -0.4 is 10.2 Å². The van der Waals surface area contributed by atoms with Gasteiger partial charge < -0.3 is 15.1 Å². The summed E-state index contributed by atoms with van der Waals surface area (Å²) in [7, 11) is 1.87. The van der Waals surface area contributed by atoms with Crippen LogP contribution in [-0.4, -0.2) is 49.4 Å². The number of likely N-dealkylation sites (N-methyl/N-ethyl adjacent to an activating group) is 1. The van der Waals surface area contributed by atoms with E-state index in [1.165, 1.54) is 11.1 Å². The van der Waals surface area contributed by atoms with Gasteiger partial charge in [0, 0.05) is 25.3 Å². The van der Waals surface area contributed by atoms with E-state index in [0.717, 1.165) is 43.4 Å². The molecular weight excluding hydrogens is 472 g/mol. The Bertz CT molecular complexity index is 1080. The summed E-state index contributed by atoms with van der Waals surface area (Å²) in [5, 5.41) is 3.00. The van der Waals surface area contributed by atoms with Gasteiger partial charge in [-0.15, -0.1) is 12.4 Å². The number of fused-ring (bicyclic) bond motifs is 1. The summed E-state index contributed by atoms with van der Waals surface area (Å²) in [5.41, 5.74) is 4.87. The lowest BCUT2D eigenvalue weighted by molar-refractivity contribution is -0.130. The first kappa shape index (κ1) is 29.2. The Kier molecular flexibility index (Phi) is 11.3. The number of hydrogen-bond acceptors (Lipinski definition) is 3. The third kappa shape index (κ3) is 7.99. The van der Waals surface area contributed by atoms with Crippen LogP contribution in [0.3, 0.4) is 0 Å². The number of hydrogen-bond donors (Lipinski definition) is 1. The monoisotopic (exact) mass is 510 g/mol. The molecule has 0 saturated carbocycles. The van der Waals surface area contributed by atoms with Crippen LogP contribution in [0.15, 0.2) is 42.5 Å². The summed E-state index contributed by atoms with van der Waals surface area (Å²) >= 11 is 0. The van der Waals surface area contributed by atoms with Crippen molar-refractivity contribution in [1.29, 1.82) is 0 Å². The molecule has 0 radical (unpaired) electrons. The van der Waals surface area contributed by atoms with Crippen molar-refractivity contribution in [3.63, 3.8) is 0 Å². The quantitative estimate of drug-likeness (QED) is 0.346. The van der Waals surface area contributed by atoms with E-state index >= 15 is 0 Å². The van der Waals surface area contributed by atoms with Crippen molar-refractivity contribution in [1.82, 2.24) is 10.2 Å². The number of carbonyl (C=O) groups is 2. The molecule has 1 unspecified atom stereocenters. The highest BCUT2D eigenvalue weighted by Gasteiger charge is 2.27. The number of nitrogens with one attached hydrogen (secondary N) is 1. The van der Waals surface area contributed by atoms with E-state index in [2.05, 4.69) is 48.3 Å². The molecule has 0 fully saturated rings. The van der Waals surface area contributed by atoms with Crippen molar-refractivity contribution in [2.75, 3.05) is 31.6 Å². The SMILES string of the molecule is Cl.[C-]#[N+]c1ccc(C)c(N(CC(=O)NCCCC(C)C)CC(=O)N(C)C2CCc3ccccc3C2)c1. The van der Waals surface area contributed by atoms with Gasteiger partial charge in [-0.3, -0.25) is 9.59 Å². The summed E-state index contributed by atoms with van der Waals surface area (Å²) in [6, 6.07) is 14.0. The maximum atomic E-state index is 13.4. The number of amides is 2. The minimum Gasteiger partial charge on any atom is -0.355 e. The summed E-state index contributed by atoms with van der Waals surface area (Å²) in [4.78, 5) is 33.4. The topological polar surface area (TPSA) is 57.0 Å². The fourth-order valence-corrected chi connectivity index (χ4v) is 4.69. The molecule has 2 aromatic carbocycles. The number of anilines is 1. The molecule has 2 aromatic rings. The zero-order valence-electron chi connectivity index (χ0n) is 21.9. The third-order valence-electron chi connectivity index (χ3n) is 6.87. The van der Waals surface area contributed by atoms with Crippen molar-refractivity contribution < 1.29 is 9.59 Å². The second-order valence-corrected chi connectivity index (χ2v) is 9.99. The van der Waals surface area contributed by atoms with Crippen LogP contribution in [0.1, 0.15) is 49.8 Å². The van der Waals surface area contributed by atoms with Gasteiger partial charge in [0.2, 0.25) is 11.8 Å². The lowest BCUT2D eigenvalue weighted by atomic mass is 9.87. The molecular formula is C29H39ClN4O2. The van der Waals surface area contributed by atoms with Crippen LogP contribution in [0.5, 0.6) is 0 Å². The van der Waals surface area contributed by atoms with E-state index in [0.29, 0.717) is 18.2 Å². The minimum atomic E-state index is -0.108. The standard InChI is InChI=1S/C29H38N4O2.ClH/c1-21(2)9-8-16-31-28(34)19-33(27-18-25(30-4)14-12-22(27)3)20-29(35)32(5)26-15-13-23-10-6-7-11-24(23)17-26;/h6-7,10-12,14,18,21,26H,8-9,13,15-17,19-20H2,1-3,5H3,(H,31,34);1H. The number of rotatable bonds is 10. The highest BCUT2D eigenvalue weighted by Crippen LogP contribution is 2.27. The first-order valence-corrected chi connectivity index (χ1v) is 12.6. The first-order valence-electron chi connectivity index (χ1n) is 12.6. The van der Waals surface area contributed by atoms with Gasteiger partial charge in [-0.2, -0.15) is 0 Å². The normalized spacial score (nSPS) is 14.3. The molecule has 0 bridgehead atoms. The molecule has 3 rings (SSSR count). The van der Waals surface area contributed by atoms with E-state index in [9.17, 15) is 9.59 Å². The molecule has 0 aliphatic heterocycles. The van der Waals surface area contributed by atoms with Gasteiger partial charge in [0.1, 0.15) is 0 Å². The summed E-state index contributed by atoms with van der Waals surface area (Å²) < 4.78 is 0. The molecule has 0 aromatic heterocycles. The molecule has 1 atom stereocenters. The van der Waals surface area contributed by atoms with Gasteiger partial charge in [0.15, 0.2) is 5.69 Å². The molecule has 36 heavy (non-hydrogen) atoms. The maximum absolute atomic E-state index is 13.4. The highest BCUT2D eigenvalue weighted by atomic mass is 35.5. The van der Waals surface area contributed by atoms with Crippen LogP contribution in [-0.2, 0) is 22.4 Å². The Morgan fingerprint density at radius 2 is 1.86 bits per heavy atom. The third-order valence-corrected chi connectivity index (χ3v) is 6.87. The first-order chi connectivity index (χ1) is 16.8. The van der Waals surface area contributed by atoms with Crippen LogP contribution in [0.4, 0.5) is 11.4 Å². The average molecular weight is 511 g/mol. The Balaban J connectivity index is 0.00000456. The molecule has 1 N–H and O–H groups in total. The van der Waals surface area contributed by atoms with Crippen molar-refractivity contribution in [3.05, 3.63) is 70.6 Å². The number of halogens is 1. The Morgan fingerprint density at radius 3 is 2.56 bits per heavy atom. The lowest BCUT2D eigenvalue weighted by Crippen LogP contribution is -2.47. The van der Waals surface area contributed by atoms with E-state index in [-0.39, 0.29) is 43.4 Å². The fourth-order valence-electron chi connectivity index (χ4n) is 4.69. The summed E-state index contributed by atoms with van der Waals surface area (Å²) in [5.74, 6) is 0.473. The van der Waals surface area contributed by atoms with Crippen LogP contribution in [0, 0.1) is 19.4 Å². The van der Waals surface area contributed by atoms with Crippen molar-refractivity contribution >= 4 is 35.6 Å². The van der Waals surface area contributed by atoms with Crippen LogP contribution in [0.25, 0.3) is 4.85 Å². The van der Waals surface area contributed by atoms with Gasteiger partial charge in [0.25, 0.3) is 0 Å². The molecule has 1 aliphatic carbocycles. The molecule has 6 nitrogen and oxygen atoms in total. The zero-order valence-corrected chi connectivity index (χ0v) is 22.7. The molecule has 7 heteroatoms. The van der Waals surface area contributed by atoms with Crippen molar-refractivity contribution in [3.8, 4) is 0 Å². The zero-order chi connectivity index (χ0) is 25.4. The summed E-state index contributed by atoms with van der Waals surface area (Å²) in [6.07, 6.45) is 4.74. The van der Waals surface area contributed by atoms with Gasteiger partial charge in [-0.25, -0.2) is 4.85 Å². The number of aryl methyl sites for hydroxylation is 2. The molecule has 2 amide bonds. The van der Waals surface area contributed by atoms with Crippen LogP contribution >= 0.6 is 12.4 Å². The van der Waals surface area contributed by atoms with Gasteiger partial charge in [0.05, 0.1) is 19.7 Å². The second kappa shape index (κ2) is 13.9. The largest absolute Gasteiger partial charge is 0.355 e. The average Bonchev–Trinajstić information content (AvgIpc) is 2.85. The number of benzene rings is 2. The molecule has 194 valence electrons. The number of nitrogens with zero attached hydrogens (tertiary/aromatic N) is 3. The van der Waals surface area contributed by atoms with Crippen LogP contribution in [0.2, 0.25) is 0 Å². The Hall–Kier alpha value is -3.04. The van der Waals surface area contributed by atoms with Gasteiger partial charge in [-0.05, 0) is 67.7 Å². The fraction of sp³-hybridized carbons (Fsp3) is 0.483. The minimum absolute atomic E-state index is 0. The molecule has 1 aliphatic rings. The Labute approximate surface area is 222 Å².